The van der Waals surface area contributed by atoms with E-state index < -0.39 is 53.8 Å². The minimum absolute atomic E-state index is 0.188. The number of fused-ring (bicyclic) bond motifs is 1. The average Bonchev–Trinajstić information content (AvgIpc) is 3.12. The van der Waals surface area contributed by atoms with E-state index in [1.54, 1.807) is 31.2 Å². The summed E-state index contributed by atoms with van der Waals surface area (Å²) in [5.41, 5.74) is -3.41. The number of nitrogens with zero attached hydrogens (tertiary/aromatic N) is 1. The molecule has 2 saturated carbocycles. The highest BCUT2D eigenvalue weighted by Gasteiger charge is 2.67. The molecule has 2 fully saturated rings. The molecule has 1 aromatic carbocycles. The van der Waals surface area contributed by atoms with Crippen molar-refractivity contribution in [2.24, 2.45) is 5.92 Å². The molecule has 10 heteroatoms. The Hall–Kier alpha value is -2.37. The van der Waals surface area contributed by atoms with E-state index in [0.29, 0.717) is 36.8 Å². The second-order valence-corrected chi connectivity index (χ2v) is 10.9. The van der Waals surface area contributed by atoms with Gasteiger partial charge in [-0.25, -0.2) is 0 Å². The molecule has 0 aromatic heterocycles. The van der Waals surface area contributed by atoms with Gasteiger partial charge in [0.05, 0.1) is 17.2 Å². The molecule has 1 aromatic rings. The van der Waals surface area contributed by atoms with Gasteiger partial charge in [0.1, 0.15) is 5.60 Å². The predicted octanol–water partition coefficient (Wildman–Crippen LogP) is 1.10. The molecule has 0 spiro atoms. The number of amides is 3. The van der Waals surface area contributed by atoms with Crippen molar-refractivity contribution in [3.63, 3.8) is 0 Å². The van der Waals surface area contributed by atoms with Gasteiger partial charge in [-0.05, 0) is 50.7 Å². The maximum Gasteiger partial charge on any atom is 0.261 e. The van der Waals surface area contributed by atoms with Crippen LogP contribution < -0.4 is 5.32 Å². The van der Waals surface area contributed by atoms with Crippen LogP contribution in [-0.4, -0.2) is 85.8 Å². The summed E-state index contributed by atoms with van der Waals surface area (Å²) >= 11 is 0. The van der Waals surface area contributed by atoms with E-state index in [1.165, 1.54) is 12.0 Å². The summed E-state index contributed by atoms with van der Waals surface area (Å²) in [7, 11) is 1.19. The molecule has 3 aliphatic rings. The molecule has 1 heterocycles. The fourth-order valence-electron chi connectivity index (χ4n) is 6.32. The van der Waals surface area contributed by atoms with Crippen molar-refractivity contribution in [2.45, 2.75) is 93.8 Å². The lowest BCUT2D eigenvalue weighted by molar-refractivity contribution is -0.365. The first-order valence-electron chi connectivity index (χ1n) is 13.1. The van der Waals surface area contributed by atoms with E-state index in [1.807, 2.05) is 0 Å². The molecular formula is C27H38N2O8. The van der Waals surface area contributed by atoms with Gasteiger partial charge in [0.2, 0.25) is 5.79 Å². The van der Waals surface area contributed by atoms with E-state index in [2.05, 4.69) is 5.32 Å². The first-order chi connectivity index (χ1) is 17.5. The van der Waals surface area contributed by atoms with E-state index in [4.69, 9.17) is 4.74 Å². The minimum Gasteiger partial charge on any atom is -0.390 e. The summed E-state index contributed by atoms with van der Waals surface area (Å²) in [6, 6.07) is 6.22. The van der Waals surface area contributed by atoms with Crippen molar-refractivity contribution < 1.29 is 39.5 Å². The summed E-state index contributed by atoms with van der Waals surface area (Å²) in [6.07, 6.45) is 2.15. The van der Waals surface area contributed by atoms with Crippen LogP contribution in [0.5, 0.6) is 0 Å². The number of carbonyl (C=O) groups excluding carboxylic acids is 3. The zero-order valence-corrected chi connectivity index (χ0v) is 21.5. The van der Waals surface area contributed by atoms with Crippen molar-refractivity contribution in [3.05, 3.63) is 35.4 Å². The number of ether oxygens (including phenoxy) is 1. The lowest BCUT2D eigenvalue weighted by Gasteiger charge is -2.56. The number of carbonyl (C=O) groups is 3. The van der Waals surface area contributed by atoms with E-state index in [-0.39, 0.29) is 18.4 Å². The van der Waals surface area contributed by atoms with Gasteiger partial charge in [0.25, 0.3) is 17.7 Å². The second kappa shape index (κ2) is 10.4. The van der Waals surface area contributed by atoms with Gasteiger partial charge in [-0.2, -0.15) is 0 Å². The molecule has 3 unspecified atom stereocenters. The molecular weight excluding hydrogens is 480 g/mol. The number of hydrogen-bond donors (Lipinski definition) is 5. The number of nitrogens with one attached hydrogen (secondary N) is 1. The third-order valence-corrected chi connectivity index (χ3v) is 8.46. The van der Waals surface area contributed by atoms with Crippen LogP contribution >= 0.6 is 0 Å². The van der Waals surface area contributed by atoms with Crippen molar-refractivity contribution in [2.75, 3.05) is 13.7 Å². The standard InChI is InChI=1S/C27H38N2O8/c1-17(9-8-14-29-22(31)19-12-6-7-13-20(19)23(29)32)28-24(33)25(34)15-21(30)27(36,26(35,16-25)37-2)18-10-4-3-5-11-18/h6-7,12-13,17-18,21,30,34-36H,3-5,8-11,14-16H2,1-2H3,(H,28,33)/t17?,21-,25?,26-,27?/m1/s1. The third kappa shape index (κ3) is 4.81. The topological polar surface area (TPSA) is 157 Å². The second-order valence-electron chi connectivity index (χ2n) is 10.9. The molecule has 1 aliphatic heterocycles. The minimum atomic E-state index is -2.31. The average molecular weight is 519 g/mol. The molecule has 10 nitrogen and oxygen atoms in total. The van der Waals surface area contributed by atoms with Crippen LogP contribution in [-0.2, 0) is 9.53 Å². The van der Waals surface area contributed by atoms with Crippen molar-refractivity contribution >= 4 is 17.7 Å². The monoisotopic (exact) mass is 518 g/mol. The highest BCUT2D eigenvalue weighted by atomic mass is 16.6. The van der Waals surface area contributed by atoms with Crippen molar-refractivity contribution in [3.8, 4) is 0 Å². The summed E-state index contributed by atoms with van der Waals surface area (Å²) in [5.74, 6) is -4.21. The van der Waals surface area contributed by atoms with Gasteiger partial charge in [-0.3, -0.25) is 19.3 Å². The Labute approximate surface area is 216 Å². The molecule has 4 rings (SSSR count). The molecule has 37 heavy (non-hydrogen) atoms. The first-order valence-corrected chi connectivity index (χ1v) is 13.1. The summed E-state index contributed by atoms with van der Waals surface area (Å²) < 4.78 is 5.27. The number of methoxy groups -OCH3 is 1. The van der Waals surface area contributed by atoms with Gasteiger partial charge >= 0.3 is 0 Å². The maximum absolute atomic E-state index is 13.1. The SMILES string of the molecule is CO[C@]1(O)CC(O)(C(=O)NC(C)CCCN2C(=O)c3ccccc3C2=O)C[C@@H](O)C1(O)C1CCCCC1. The van der Waals surface area contributed by atoms with Crippen LogP contribution in [0.3, 0.4) is 0 Å². The Balaban J connectivity index is 1.35. The summed E-state index contributed by atoms with van der Waals surface area (Å²) in [4.78, 5) is 39.3. The maximum atomic E-state index is 13.1. The number of hydrogen-bond acceptors (Lipinski definition) is 8. The van der Waals surface area contributed by atoms with E-state index in [9.17, 15) is 34.8 Å². The lowest BCUT2D eigenvalue weighted by Crippen LogP contribution is -2.74. The van der Waals surface area contributed by atoms with Crippen molar-refractivity contribution in [1.82, 2.24) is 10.2 Å². The fourth-order valence-corrected chi connectivity index (χ4v) is 6.32. The molecule has 0 radical (unpaired) electrons. The predicted molar refractivity (Wildman–Crippen MR) is 132 cm³/mol. The molecule has 2 aliphatic carbocycles. The normalized spacial score (nSPS) is 33.4. The van der Waals surface area contributed by atoms with Gasteiger partial charge in [0.15, 0.2) is 5.60 Å². The zero-order chi connectivity index (χ0) is 27.0. The van der Waals surface area contributed by atoms with Crippen LogP contribution in [0.15, 0.2) is 24.3 Å². The molecule has 3 amide bonds. The fraction of sp³-hybridized carbons (Fsp3) is 0.667. The lowest BCUT2D eigenvalue weighted by atomic mass is 9.61. The van der Waals surface area contributed by atoms with Gasteiger partial charge < -0.3 is 30.5 Å². The third-order valence-electron chi connectivity index (χ3n) is 8.46. The van der Waals surface area contributed by atoms with E-state index in [0.717, 1.165) is 19.3 Å². The molecule has 5 N–H and O–H groups in total. The molecule has 204 valence electrons. The number of rotatable bonds is 8. The zero-order valence-electron chi connectivity index (χ0n) is 21.5. The van der Waals surface area contributed by atoms with Gasteiger partial charge in [-0.1, -0.05) is 31.4 Å². The summed E-state index contributed by atoms with van der Waals surface area (Å²) in [6.45, 7) is 1.91. The number of aliphatic hydroxyl groups excluding tert-OH is 1. The van der Waals surface area contributed by atoms with Crippen molar-refractivity contribution in [1.29, 1.82) is 0 Å². The Kier molecular flexibility index (Phi) is 7.79. The number of aliphatic hydroxyl groups is 4. The first kappa shape index (κ1) is 27.7. The highest BCUT2D eigenvalue weighted by Crippen LogP contribution is 2.50. The van der Waals surface area contributed by atoms with Crippen LogP contribution in [0.2, 0.25) is 0 Å². The summed E-state index contributed by atoms with van der Waals surface area (Å²) in [5, 5.41) is 47.6. The smallest absolute Gasteiger partial charge is 0.261 e. The van der Waals surface area contributed by atoms with Crippen LogP contribution in [0.4, 0.5) is 0 Å². The number of benzene rings is 1. The Morgan fingerprint density at radius 2 is 1.70 bits per heavy atom. The van der Waals surface area contributed by atoms with Gasteiger partial charge in [-0.15, -0.1) is 0 Å². The molecule has 0 bridgehead atoms. The molecule has 0 saturated heterocycles. The van der Waals surface area contributed by atoms with Crippen LogP contribution in [0.1, 0.15) is 85.4 Å². The Bertz CT molecular complexity index is 1010. The van der Waals surface area contributed by atoms with Crippen LogP contribution in [0, 0.1) is 5.92 Å². The highest BCUT2D eigenvalue weighted by molar-refractivity contribution is 6.21. The quantitative estimate of drug-likeness (QED) is 0.253. The largest absolute Gasteiger partial charge is 0.390 e. The van der Waals surface area contributed by atoms with Gasteiger partial charge in [0, 0.05) is 32.5 Å². The van der Waals surface area contributed by atoms with Crippen LogP contribution in [0.25, 0.3) is 0 Å². The Morgan fingerprint density at radius 1 is 1.11 bits per heavy atom. The Morgan fingerprint density at radius 3 is 2.27 bits per heavy atom. The number of imide groups is 1. The van der Waals surface area contributed by atoms with E-state index >= 15 is 0 Å². The molecule has 5 atom stereocenters.